The number of piperidine rings is 1. The van der Waals surface area contributed by atoms with Crippen LogP contribution in [0.1, 0.15) is 44.5 Å². The molecule has 224 valence electrons. The summed E-state index contributed by atoms with van der Waals surface area (Å²) in [5.74, 6) is -0.819. The summed E-state index contributed by atoms with van der Waals surface area (Å²) in [4.78, 5) is 56.5. The molecule has 1 saturated heterocycles. The van der Waals surface area contributed by atoms with Crippen molar-refractivity contribution in [3.05, 3.63) is 55.0 Å². The Labute approximate surface area is 247 Å². The topological polar surface area (TPSA) is 188 Å². The molecule has 0 aliphatic carbocycles. The second-order valence-electron chi connectivity index (χ2n) is 11.3. The largest absolute Gasteiger partial charge is 0.444 e. The van der Waals surface area contributed by atoms with Crippen LogP contribution < -0.4 is 26.0 Å². The maximum absolute atomic E-state index is 13.7. The van der Waals surface area contributed by atoms with E-state index in [1.165, 1.54) is 18.7 Å². The van der Waals surface area contributed by atoms with E-state index in [-0.39, 0.29) is 28.6 Å². The third kappa shape index (κ3) is 6.97. The molecule has 3 amide bonds. The van der Waals surface area contributed by atoms with Gasteiger partial charge in [-0.3, -0.25) is 14.8 Å². The average Bonchev–Trinajstić information content (AvgIpc) is 3.28. The van der Waals surface area contributed by atoms with Crippen LogP contribution in [-0.2, 0) is 4.74 Å². The Morgan fingerprint density at radius 2 is 1.84 bits per heavy atom. The number of alkyl carbamates (subject to hydrolysis) is 1. The maximum atomic E-state index is 13.7. The molecule has 4 aromatic heterocycles. The number of primary amides is 1. The van der Waals surface area contributed by atoms with Gasteiger partial charge in [0.25, 0.3) is 5.91 Å². The molecule has 1 aliphatic rings. The second-order valence-corrected chi connectivity index (χ2v) is 11.3. The molecule has 4 N–H and O–H groups in total. The van der Waals surface area contributed by atoms with Crippen molar-refractivity contribution in [2.45, 2.75) is 45.8 Å². The lowest BCUT2D eigenvalue weighted by molar-refractivity contribution is 0.0495. The van der Waals surface area contributed by atoms with Crippen molar-refractivity contribution in [1.29, 1.82) is 0 Å². The van der Waals surface area contributed by atoms with Crippen molar-refractivity contribution in [3.63, 3.8) is 0 Å². The van der Waals surface area contributed by atoms with Gasteiger partial charge in [0.15, 0.2) is 11.1 Å². The Morgan fingerprint density at radius 3 is 2.56 bits per heavy atom. The Bertz CT molecular complexity index is 1650. The molecule has 43 heavy (non-hydrogen) atoms. The van der Waals surface area contributed by atoms with Crippen LogP contribution >= 0.6 is 0 Å². The van der Waals surface area contributed by atoms with Gasteiger partial charge in [0.1, 0.15) is 17.4 Å². The van der Waals surface area contributed by atoms with E-state index in [9.17, 15) is 14.4 Å². The molecule has 1 aliphatic heterocycles. The Hall–Kier alpha value is -5.27. The smallest absolute Gasteiger partial charge is 0.412 e. The normalized spacial score (nSPS) is 16.9. The third-order valence-electron chi connectivity index (χ3n) is 6.58. The van der Waals surface area contributed by atoms with Gasteiger partial charge in [-0.2, -0.15) is 0 Å². The minimum atomic E-state index is -1.15. The molecule has 0 bridgehead atoms. The van der Waals surface area contributed by atoms with Gasteiger partial charge in [-0.05, 0) is 45.2 Å². The molecule has 0 aromatic carbocycles. The van der Waals surface area contributed by atoms with Gasteiger partial charge in [0.2, 0.25) is 0 Å². The van der Waals surface area contributed by atoms with Crippen molar-refractivity contribution < 1.29 is 28.3 Å². The summed E-state index contributed by atoms with van der Waals surface area (Å²) in [7, 11) is 0. The van der Waals surface area contributed by atoms with E-state index in [0.717, 1.165) is 6.42 Å². The van der Waals surface area contributed by atoms with Crippen LogP contribution in [-0.4, -0.2) is 62.8 Å². The quantitative estimate of drug-likeness (QED) is 0.294. The van der Waals surface area contributed by atoms with Crippen LogP contribution in [0.2, 0.25) is 0 Å². The van der Waals surface area contributed by atoms with E-state index in [1.54, 1.807) is 30.7 Å². The molecule has 0 saturated carbocycles. The number of pyridine rings is 2. The average molecular weight is 589 g/mol. The first-order valence-corrected chi connectivity index (χ1v) is 13.6. The van der Waals surface area contributed by atoms with Crippen LogP contribution in [0.25, 0.3) is 22.2 Å². The van der Waals surface area contributed by atoms with Crippen LogP contribution in [0.15, 0.2) is 53.9 Å². The number of fused-ring (bicyclic) bond motifs is 1. The predicted octanol–water partition coefficient (Wildman–Crippen LogP) is 4.13. The monoisotopic (exact) mass is 588 g/mol. The molecule has 14 nitrogen and oxygen atoms in total. The molecular weight excluding hydrogens is 556 g/mol. The third-order valence-corrected chi connectivity index (χ3v) is 6.58. The molecule has 0 spiro atoms. The summed E-state index contributed by atoms with van der Waals surface area (Å²) in [6, 6.07) is 3.23. The number of amides is 3. The maximum Gasteiger partial charge on any atom is 0.412 e. The zero-order chi connectivity index (χ0) is 30.7. The highest BCUT2D eigenvalue weighted by atomic mass is 16.6. The van der Waals surface area contributed by atoms with E-state index in [0.29, 0.717) is 35.6 Å². The first-order valence-electron chi connectivity index (χ1n) is 13.6. The highest BCUT2D eigenvalue weighted by molar-refractivity contribution is 6.14. The summed E-state index contributed by atoms with van der Waals surface area (Å²) >= 11 is 0. The van der Waals surface area contributed by atoms with Crippen LogP contribution in [0.4, 0.5) is 21.0 Å². The van der Waals surface area contributed by atoms with Gasteiger partial charge < -0.3 is 35.2 Å². The summed E-state index contributed by atoms with van der Waals surface area (Å²) in [6.07, 6.45) is 8.39. The van der Waals surface area contributed by atoms with Crippen molar-refractivity contribution in [2.75, 3.05) is 23.3 Å². The number of carbonyl (C=O) groups is 3. The van der Waals surface area contributed by atoms with Gasteiger partial charge >= 0.3 is 18.1 Å². The minimum absolute atomic E-state index is 0.115. The molecule has 14 heteroatoms. The van der Waals surface area contributed by atoms with E-state index in [1.807, 2.05) is 20.8 Å². The fourth-order valence-electron chi connectivity index (χ4n) is 5.00. The number of nitrogens with one attached hydrogen (secondary N) is 2. The van der Waals surface area contributed by atoms with E-state index in [4.69, 9.17) is 19.6 Å². The minimum Gasteiger partial charge on any atom is -0.444 e. The Kier molecular flexibility index (Phi) is 8.10. The number of nitrogens with two attached hydrogens (primary N) is 1. The number of anilines is 2. The highest BCUT2D eigenvalue weighted by Crippen LogP contribution is 2.35. The zero-order valence-corrected chi connectivity index (χ0v) is 24.2. The molecule has 0 unspecified atom stereocenters. The van der Waals surface area contributed by atoms with Crippen molar-refractivity contribution in [3.8, 4) is 17.1 Å². The zero-order valence-electron chi connectivity index (χ0n) is 24.2. The van der Waals surface area contributed by atoms with Gasteiger partial charge in [-0.25, -0.2) is 19.6 Å². The van der Waals surface area contributed by atoms with Crippen molar-refractivity contribution in [2.24, 2.45) is 11.7 Å². The molecular formula is C29H32N8O6. The van der Waals surface area contributed by atoms with E-state index >= 15 is 0 Å². The number of nitrogens with zero attached hydrogens (tertiary/aromatic N) is 5. The fraction of sp³-hybridized carbons (Fsp3) is 0.345. The fourth-order valence-corrected chi connectivity index (χ4v) is 5.00. The first kappa shape index (κ1) is 29.2. The SMILES string of the molecule is C[C@@H]1C[C@H](NC(=O)OC(C)(C)C)CN(c2ccncc2NC(=O)c2c(OC(N)=O)oc3cc(-c4cncnc4)cnc23)C1. The Morgan fingerprint density at radius 1 is 1.07 bits per heavy atom. The number of hydrogen-bond donors (Lipinski definition) is 3. The Balaban J connectivity index is 1.42. The number of furan rings is 1. The number of ether oxygens (including phenoxy) is 2. The predicted molar refractivity (Wildman–Crippen MR) is 157 cm³/mol. The number of hydrogen-bond acceptors (Lipinski definition) is 11. The van der Waals surface area contributed by atoms with Crippen LogP contribution in [0, 0.1) is 5.92 Å². The lowest BCUT2D eigenvalue weighted by atomic mass is 9.95. The number of rotatable bonds is 6. The summed E-state index contributed by atoms with van der Waals surface area (Å²) in [6.45, 7) is 8.67. The van der Waals surface area contributed by atoms with Gasteiger partial charge in [0.05, 0.1) is 17.6 Å². The molecule has 5 rings (SSSR count). The van der Waals surface area contributed by atoms with Crippen molar-refractivity contribution in [1.82, 2.24) is 25.3 Å². The molecule has 2 atom stereocenters. The second kappa shape index (κ2) is 11.9. The van der Waals surface area contributed by atoms with Crippen molar-refractivity contribution >= 4 is 40.6 Å². The number of carbonyl (C=O) groups excluding carboxylic acids is 3. The standard InChI is InChI=1S/C29H32N8O6/c1-16-7-19(35-28(40)43-29(2,3)4)14-37(13-16)21-5-6-31-12-20(21)36-25(38)23-24-22(41-26(23)42-27(30)39)8-17(11-34-24)18-9-32-15-33-10-18/h5-6,8-12,15-16,19H,7,13-14H2,1-4H3,(H2,30,39)(H,35,40)(H,36,38)/t16-,19+/m1/s1. The molecule has 5 heterocycles. The van der Waals surface area contributed by atoms with Gasteiger partial charge in [-0.15, -0.1) is 0 Å². The summed E-state index contributed by atoms with van der Waals surface area (Å²) < 4.78 is 16.2. The van der Waals surface area contributed by atoms with Gasteiger partial charge in [0, 0.05) is 55.0 Å². The highest BCUT2D eigenvalue weighted by Gasteiger charge is 2.31. The lowest BCUT2D eigenvalue weighted by Gasteiger charge is -2.39. The number of aromatic nitrogens is 4. The molecule has 0 radical (unpaired) electrons. The lowest BCUT2D eigenvalue weighted by Crippen LogP contribution is -2.51. The first-order chi connectivity index (χ1) is 20.5. The van der Waals surface area contributed by atoms with Crippen LogP contribution in [0.3, 0.4) is 0 Å². The van der Waals surface area contributed by atoms with E-state index in [2.05, 4.69) is 42.4 Å². The molecule has 4 aromatic rings. The summed E-state index contributed by atoms with van der Waals surface area (Å²) in [5, 5.41) is 5.81. The van der Waals surface area contributed by atoms with E-state index < -0.39 is 29.6 Å². The molecule has 1 fully saturated rings. The van der Waals surface area contributed by atoms with Crippen LogP contribution in [0.5, 0.6) is 5.95 Å². The van der Waals surface area contributed by atoms with Gasteiger partial charge in [-0.1, -0.05) is 6.92 Å². The summed E-state index contributed by atoms with van der Waals surface area (Å²) in [5.41, 5.74) is 7.27.